The molecule has 0 aliphatic rings. The normalized spacial score (nSPS) is 13.8. The molecular formula is C21H37NO3. The Morgan fingerprint density at radius 2 is 1.92 bits per heavy atom. The molecule has 1 atom stereocenters. The molecule has 0 bridgehead atoms. The third-order valence-electron chi connectivity index (χ3n) is 4.71. The quantitative estimate of drug-likeness (QED) is 0.460. The van der Waals surface area contributed by atoms with Crippen molar-refractivity contribution in [2.75, 3.05) is 13.2 Å². The summed E-state index contributed by atoms with van der Waals surface area (Å²) in [6.45, 7) is 7.21. The molecule has 1 unspecified atom stereocenters. The third kappa shape index (κ3) is 8.59. The number of unbranched alkanes of at least 4 members (excludes halogenated alkanes) is 2. The first-order valence-electron chi connectivity index (χ1n) is 9.74. The topological polar surface area (TPSA) is 75.7 Å². The van der Waals surface area contributed by atoms with Crippen molar-refractivity contribution in [3.05, 3.63) is 23.8 Å². The molecule has 0 amide bonds. The number of ether oxygens (including phenoxy) is 1. The standard InChI is InChI=1S/C21H37NO3/c1-4-12-21(22,16-23)13-11-18-9-10-19(15-20(18)24)25-14-7-5-6-8-17(2)3/h9-10,15,17,23-24H,4-8,11-14,16,22H2,1-3H3. The molecule has 25 heavy (non-hydrogen) atoms. The average Bonchev–Trinajstić information content (AvgIpc) is 2.57. The Labute approximate surface area is 153 Å². The van der Waals surface area contributed by atoms with Crippen LogP contribution in [0.4, 0.5) is 0 Å². The summed E-state index contributed by atoms with van der Waals surface area (Å²) < 4.78 is 5.73. The highest BCUT2D eigenvalue weighted by molar-refractivity contribution is 5.39. The molecule has 144 valence electrons. The molecule has 0 saturated carbocycles. The number of phenolic OH excluding ortho intramolecular Hbond substituents is 1. The van der Waals surface area contributed by atoms with Gasteiger partial charge in [-0.1, -0.05) is 52.5 Å². The number of benzene rings is 1. The van der Waals surface area contributed by atoms with Gasteiger partial charge in [0, 0.05) is 11.6 Å². The minimum Gasteiger partial charge on any atom is -0.508 e. The highest BCUT2D eigenvalue weighted by Crippen LogP contribution is 2.27. The van der Waals surface area contributed by atoms with E-state index >= 15 is 0 Å². The van der Waals surface area contributed by atoms with Crippen LogP contribution in [0.5, 0.6) is 11.5 Å². The van der Waals surface area contributed by atoms with Crippen LogP contribution in [0.25, 0.3) is 0 Å². The van der Waals surface area contributed by atoms with Crippen LogP contribution in [0, 0.1) is 5.92 Å². The Bertz CT molecular complexity index is 490. The molecule has 0 fully saturated rings. The number of phenols is 1. The third-order valence-corrected chi connectivity index (χ3v) is 4.71. The van der Waals surface area contributed by atoms with Crippen LogP contribution < -0.4 is 10.5 Å². The van der Waals surface area contributed by atoms with E-state index in [0.717, 1.165) is 30.7 Å². The zero-order chi connectivity index (χ0) is 18.7. The molecule has 0 saturated heterocycles. The van der Waals surface area contributed by atoms with Crippen LogP contribution in [0.2, 0.25) is 0 Å². The number of hydrogen-bond donors (Lipinski definition) is 3. The first-order chi connectivity index (χ1) is 11.9. The van der Waals surface area contributed by atoms with E-state index in [1.54, 1.807) is 6.07 Å². The van der Waals surface area contributed by atoms with Gasteiger partial charge in [0.25, 0.3) is 0 Å². The molecule has 4 N–H and O–H groups in total. The van der Waals surface area contributed by atoms with Gasteiger partial charge in [0.05, 0.1) is 13.2 Å². The summed E-state index contributed by atoms with van der Waals surface area (Å²) in [6, 6.07) is 5.48. The minimum atomic E-state index is -0.563. The van der Waals surface area contributed by atoms with E-state index in [2.05, 4.69) is 20.8 Å². The van der Waals surface area contributed by atoms with E-state index in [1.165, 1.54) is 19.3 Å². The Hall–Kier alpha value is -1.26. The maximum absolute atomic E-state index is 10.2. The molecule has 1 rings (SSSR count). The molecule has 0 spiro atoms. The number of hydrogen-bond acceptors (Lipinski definition) is 4. The van der Waals surface area contributed by atoms with Crippen LogP contribution >= 0.6 is 0 Å². The molecule has 1 aromatic carbocycles. The Morgan fingerprint density at radius 3 is 2.52 bits per heavy atom. The van der Waals surface area contributed by atoms with Crippen molar-refractivity contribution in [1.82, 2.24) is 0 Å². The molecular weight excluding hydrogens is 314 g/mol. The molecule has 0 radical (unpaired) electrons. The van der Waals surface area contributed by atoms with Gasteiger partial charge in [-0.05, 0) is 43.2 Å². The zero-order valence-electron chi connectivity index (χ0n) is 16.3. The predicted molar refractivity (Wildman–Crippen MR) is 104 cm³/mol. The first kappa shape index (κ1) is 21.8. The number of aliphatic hydroxyl groups excluding tert-OH is 1. The highest BCUT2D eigenvalue weighted by atomic mass is 16.5. The summed E-state index contributed by atoms with van der Waals surface area (Å²) in [6.07, 6.45) is 7.76. The zero-order valence-corrected chi connectivity index (χ0v) is 16.3. The molecule has 0 aromatic heterocycles. The van der Waals surface area contributed by atoms with Gasteiger partial charge >= 0.3 is 0 Å². The molecule has 0 heterocycles. The second-order valence-electron chi connectivity index (χ2n) is 7.65. The fourth-order valence-electron chi connectivity index (χ4n) is 3.03. The number of aromatic hydroxyl groups is 1. The van der Waals surface area contributed by atoms with Crippen LogP contribution in [-0.2, 0) is 6.42 Å². The smallest absolute Gasteiger partial charge is 0.122 e. The van der Waals surface area contributed by atoms with Crippen molar-refractivity contribution in [2.24, 2.45) is 11.7 Å². The maximum atomic E-state index is 10.2. The van der Waals surface area contributed by atoms with E-state index in [1.807, 2.05) is 12.1 Å². The Morgan fingerprint density at radius 1 is 1.16 bits per heavy atom. The van der Waals surface area contributed by atoms with Crippen molar-refractivity contribution in [3.8, 4) is 11.5 Å². The summed E-state index contributed by atoms with van der Waals surface area (Å²) in [5, 5.41) is 19.7. The number of nitrogens with two attached hydrogens (primary N) is 1. The molecule has 4 heteroatoms. The van der Waals surface area contributed by atoms with Crippen molar-refractivity contribution < 1.29 is 14.9 Å². The van der Waals surface area contributed by atoms with E-state index in [4.69, 9.17) is 10.5 Å². The molecule has 4 nitrogen and oxygen atoms in total. The minimum absolute atomic E-state index is 0.0282. The maximum Gasteiger partial charge on any atom is 0.122 e. The van der Waals surface area contributed by atoms with Crippen LogP contribution in [0.1, 0.15) is 71.3 Å². The van der Waals surface area contributed by atoms with Crippen LogP contribution in [-0.4, -0.2) is 29.0 Å². The largest absolute Gasteiger partial charge is 0.508 e. The Kier molecular flexibility index (Phi) is 9.91. The number of aryl methyl sites for hydroxylation is 1. The van der Waals surface area contributed by atoms with Gasteiger partial charge in [-0.2, -0.15) is 0 Å². The van der Waals surface area contributed by atoms with Gasteiger partial charge in [-0.15, -0.1) is 0 Å². The van der Waals surface area contributed by atoms with Crippen molar-refractivity contribution in [3.63, 3.8) is 0 Å². The van der Waals surface area contributed by atoms with E-state index in [9.17, 15) is 10.2 Å². The van der Waals surface area contributed by atoms with Gasteiger partial charge in [0.1, 0.15) is 11.5 Å². The van der Waals surface area contributed by atoms with Gasteiger partial charge in [0.2, 0.25) is 0 Å². The van der Waals surface area contributed by atoms with Crippen molar-refractivity contribution in [1.29, 1.82) is 0 Å². The number of rotatable bonds is 13. The fraction of sp³-hybridized carbons (Fsp3) is 0.714. The molecule has 0 aliphatic carbocycles. The summed E-state index contributed by atoms with van der Waals surface area (Å²) in [5.74, 6) is 1.72. The van der Waals surface area contributed by atoms with Gasteiger partial charge in [-0.3, -0.25) is 0 Å². The average molecular weight is 352 g/mol. The lowest BCUT2D eigenvalue weighted by Gasteiger charge is -2.27. The highest BCUT2D eigenvalue weighted by Gasteiger charge is 2.23. The predicted octanol–water partition coefficient (Wildman–Crippen LogP) is 4.41. The lowest BCUT2D eigenvalue weighted by Crippen LogP contribution is -2.43. The second kappa shape index (κ2) is 11.4. The first-order valence-corrected chi connectivity index (χ1v) is 9.74. The lowest BCUT2D eigenvalue weighted by molar-refractivity contribution is 0.177. The molecule has 0 aliphatic heterocycles. The fourth-order valence-corrected chi connectivity index (χ4v) is 3.03. The van der Waals surface area contributed by atoms with Gasteiger partial charge < -0.3 is 20.7 Å². The molecule has 1 aromatic rings. The van der Waals surface area contributed by atoms with Crippen molar-refractivity contribution in [2.45, 2.75) is 77.7 Å². The second-order valence-corrected chi connectivity index (χ2v) is 7.65. The SMILES string of the molecule is CCCC(N)(CO)CCc1ccc(OCCCCCC(C)C)cc1O. The van der Waals surface area contributed by atoms with Crippen molar-refractivity contribution >= 4 is 0 Å². The van der Waals surface area contributed by atoms with Crippen LogP contribution in [0.3, 0.4) is 0 Å². The summed E-state index contributed by atoms with van der Waals surface area (Å²) in [5.41, 5.74) is 6.49. The van der Waals surface area contributed by atoms with E-state index in [0.29, 0.717) is 25.2 Å². The number of aliphatic hydroxyl groups is 1. The summed E-state index contributed by atoms with van der Waals surface area (Å²) in [7, 11) is 0. The summed E-state index contributed by atoms with van der Waals surface area (Å²) >= 11 is 0. The summed E-state index contributed by atoms with van der Waals surface area (Å²) in [4.78, 5) is 0. The van der Waals surface area contributed by atoms with Crippen LogP contribution in [0.15, 0.2) is 18.2 Å². The van der Waals surface area contributed by atoms with Gasteiger partial charge in [-0.25, -0.2) is 0 Å². The monoisotopic (exact) mass is 351 g/mol. The van der Waals surface area contributed by atoms with Gasteiger partial charge in [0.15, 0.2) is 0 Å². The van der Waals surface area contributed by atoms with E-state index in [-0.39, 0.29) is 12.4 Å². The Balaban J connectivity index is 2.41. The van der Waals surface area contributed by atoms with E-state index < -0.39 is 5.54 Å². The lowest BCUT2D eigenvalue weighted by atomic mass is 9.88.